The summed E-state index contributed by atoms with van der Waals surface area (Å²) in [4.78, 5) is 13.0. The third-order valence-electron chi connectivity index (χ3n) is 5.28. The second kappa shape index (κ2) is 7.87. The summed E-state index contributed by atoms with van der Waals surface area (Å²) < 4.78 is 14.2. The number of hydrogen-bond acceptors (Lipinski definition) is 3. The smallest absolute Gasteiger partial charge is 0.273 e. The molecule has 5 nitrogen and oxygen atoms in total. The molecule has 1 heterocycles. The third kappa shape index (κ3) is 3.49. The minimum atomic E-state index is -0.178. The molecule has 1 amide bonds. The van der Waals surface area contributed by atoms with Gasteiger partial charge in [0, 0.05) is 29.7 Å². The molecule has 2 aromatic carbocycles. The van der Waals surface area contributed by atoms with E-state index in [1.165, 1.54) is 12.8 Å². The fourth-order valence-electron chi connectivity index (χ4n) is 3.82. The van der Waals surface area contributed by atoms with Crippen LogP contribution in [0.15, 0.2) is 46.9 Å². The van der Waals surface area contributed by atoms with Crippen LogP contribution in [0.5, 0.6) is 11.5 Å². The van der Waals surface area contributed by atoms with Crippen molar-refractivity contribution in [3.8, 4) is 11.5 Å². The van der Waals surface area contributed by atoms with E-state index in [9.17, 15) is 4.79 Å². The summed E-state index contributed by atoms with van der Waals surface area (Å²) in [7, 11) is 3.52. The minimum Gasteiger partial charge on any atom is -0.493 e. The number of carbonyl (C=O) groups excluding carboxylic acids is 1. The first-order valence-electron chi connectivity index (χ1n) is 9.47. The number of para-hydroxylation sites is 1. The van der Waals surface area contributed by atoms with E-state index in [2.05, 4.69) is 21.2 Å². The average molecular weight is 443 g/mol. The summed E-state index contributed by atoms with van der Waals surface area (Å²) in [6.07, 6.45) is 4.72. The number of benzene rings is 2. The zero-order chi connectivity index (χ0) is 19.7. The Labute approximate surface area is 172 Å². The number of halogens is 1. The lowest BCUT2D eigenvalue weighted by molar-refractivity contribution is 0.101. The molecule has 0 saturated heterocycles. The number of methoxy groups -OCH3 is 1. The summed E-state index contributed by atoms with van der Waals surface area (Å²) in [5, 5.41) is 4.00. The van der Waals surface area contributed by atoms with E-state index >= 15 is 0 Å². The van der Waals surface area contributed by atoms with E-state index in [-0.39, 0.29) is 12.0 Å². The molecular formula is C22H23BrN2O3. The van der Waals surface area contributed by atoms with Gasteiger partial charge in [0.15, 0.2) is 11.5 Å². The predicted molar refractivity (Wildman–Crippen MR) is 114 cm³/mol. The number of rotatable bonds is 5. The molecule has 146 valence electrons. The molecule has 0 atom stereocenters. The molecule has 6 heteroatoms. The maximum Gasteiger partial charge on any atom is 0.273 e. The maximum atomic E-state index is 13.0. The number of nitrogens with zero attached hydrogens (tertiary/aromatic N) is 1. The van der Waals surface area contributed by atoms with Crippen LogP contribution in [0.1, 0.15) is 36.2 Å². The van der Waals surface area contributed by atoms with Gasteiger partial charge in [-0.3, -0.25) is 4.79 Å². The van der Waals surface area contributed by atoms with Crippen molar-refractivity contribution in [2.24, 2.45) is 7.05 Å². The van der Waals surface area contributed by atoms with Crippen molar-refractivity contribution in [3.05, 3.63) is 52.6 Å². The molecule has 0 aliphatic heterocycles. The number of ether oxygens (including phenoxy) is 2. The minimum absolute atomic E-state index is 0.178. The zero-order valence-corrected chi connectivity index (χ0v) is 17.6. The largest absolute Gasteiger partial charge is 0.493 e. The molecule has 1 N–H and O–H groups in total. The van der Waals surface area contributed by atoms with Crippen molar-refractivity contribution in [2.75, 3.05) is 12.4 Å². The Hall–Kier alpha value is -2.47. The van der Waals surface area contributed by atoms with Crippen molar-refractivity contribution in [3.63, 3.8) is 0 Å². The Balaban J connectivity index is 1.61. The summed E-state index contributed by atoms with van der Waals surface area (Å²) in [5.41, 5.74) is 2.26. The lowest BCUT2D eigenvalue weighted by Crippen LogP contribution is -2.17. The number of amides is 1. The van der Waals surface area contributed by atoms with Crippen LogP contribution in [0.4, 0.5) is 5.69 Å². The van der Waals surface area contributed by atoms with Crippen LogP contribution in [0.25, 0.3) is 10.9 Å². The normalized spacial score (nSPS) is 14.4. The summed E-state index contributed by atoms with van der Waals surface area (Å²) in [6.45, 7) is 0. The monoisotopic (exact) mass is 442 g/mol. The van der Waals surface area contributed by atoms with Crippen molar-refractivity contribution in [1.82, 2.24) is 4.57 Å². The predicted octanol–water partition coefficient (Wildman–Crippen LogP) is 5.52. The average Bonchev–Trinajstić information content (AvgIpc) is 3.29. The second-order valence-electron chi connectivity index (χ2n) is 7.08. The van der Waals surface area contributed by atoms with Crippen molar-refractivity contribution >= 4 is 38.4 Å². The third-order valence-corrected chi connectivity index (χ3v) is 6.08. The summed E-state index contributed by atoms with van der Waals surface area (Å²) in [6, 6.07) is 13.4. The Morgan fingerprint density at radius 2 is 1.89 bits per heavy atom. The van der Waals surface area contributed by atoms with Crippen LogP contribution in [0.3, 0.4) is 0 Å². The van der Waals surface area contributed by atoms with Crippen molar-refractivity contribution < 1.29 is 14.3 Å². The summed E-state index contributed by atoms with van der Waals surface area (Å²) in [5.74, 6) is 1.17. The standard InChI is InChI=1S/C22H23BrN2O3/c1-25-17-10-6-5-9-16(17)20(23)21(25)22(26)24-14-11-12-18(27-2)19(13-14)28-15-7-3-4-8-15/h5-6,9-13,15H,3-4,7-8H2,1-2H3,(H,24,26). The van der Waals surface area contributed by atoms with E-state index in [1.54, 1.807) is 7.11 Å². The first-order chi connectivity index (χ1) is 13.6. The second-order valence-corrected chi connectivity index (χ2v) is 7.88. The first-order valence-corrected chi connectivity index (χ1v) is 10.3. The molecule has 0 spiro atoms. The molecule has 1 fully saturated rings. The molecule has 1 aliphatic rings. The highest BCUT2D eigenvalue weighted by Gasteiger charge is 2.21. The van der Waals surface area contributed by atoms with Gasteiger partial charge in [0.2, 0.25) is 0 Å². The fraction of sp³-hybridized carbons (Fsp3) is 0.318. The van der Waals surface area contributed by atoms with E-state index in [0.717, 1.165) is 28.2 Å². The lowest BCUT2D eigenvalue weighted by Gasteiger charge is -2.17. The Morgan fingerprint density at radius 1 is 1.14 bits per heavy atom. The van der Waals surface area contributed by atoms with Crippen LogP contribution in [0.2, 0.25) is 0 Å². The molecule has 4 rings (SSSR count). The highest BCUT2D eigenvalue weighted by atomic mass is 79.9. The van der Waals surface area contributed by atoms with E-state index in [1.807, 2.05) is 54.1 Å². The van der Waals surface area contributed by atoms with Gasteiger partial charge < -0.3 is 19.4 Å². The quantitative estimate of drug-likeness (QED) is 0.565. The highest BCUT2D eigenvalue weighted by Crippen LogP contribution is 2.35. The number of aromatic nitrogens is 1. The molecule has 1 saturated carbocycles. The van der Waals surface area contributed by atoms with Gasteiger partial charge in [-0.05, 0) is 59.8 Å². The Kier molecular flexibility index (Phi) is 5.31. The van der Waals surface area contributed by atoms with Gasteiger partial charge in [-0.2, -0.15) is 0 Å². The van der Waals surface area contributed by atoms with Crippen LogP contribution in [-0.4, -0.2) is 23.7 Å². The van der Waals surface area contributed by atoms with Gasteiger partial charge in [0.05, 0.1) is 17.7 Å². The van der Waals surface area contributed by atoms with E-state index in [4.69, 9.17) is 9.47 Å². The summed E-state index contributed by atoms with van der Waals surface area (Å²) >= 11 is 3.59. The van der Waals surface area contributed by atoms with Gasteiger partial charge in [-0.1, -0.05) is 18.2 Å². The zero-order valence-electron chi connectivity index (χ0n) is 16.0. The fourth-order valence-corrected chi connectivity index (χ4v) is 4.60. The maximum absolute atomic E-state index is 13.0. The van der Waals surface area contributed by atoms with E-state index in [0.29, 0.717) is 22.9 Å². The number of hydrogen-bond donors (Lipinski definition) is 1. The van der Waals surface area contributed by atoms with Gasteiger partial charge in [0.1, 0.15) is 5.69 Å². The highest BCUT2D eigenvalue weighted by molar-refractivity contribution is 9.10. The first kappa shape index (κ1) is 18.9. The van der Waals surface area contributed by atoms with Crippen LogP contribution in [-0.2, 0) is 7.05 Å². The number of fused-ring (bicyclic) bond motifs is 1. The SMILES string of the molecule is COc1ccc(NC(=O)c2c(Br)c3ccccc3n2C)cc1OC1CCCC1. The van der Waals surface area contributed by atoms with Gasteiger partial charge in [0.25, 0.3) is 5.91 Å². The lowest BCUT2D eigenvalue weighted by atomic mass is 10.2. The van der Waals surface area contributed by atoms with Gasteiger partial charge in [-0.15, -0.1) is 0 Å². The van der Waals surface area contributed by atoms with Gasteiger partial charge >= 0.3 is 0 Å². The van der Waals surface area contributed by atoms with Gasteiger partial charge in [-0.25, -0.2) is 0 Å². The molecule has 1 aromatic heterocycles. The van der Waals surface area contributed by atoms with Crippen LogP contribution in [0, 0.1) is 0 Å². The molecule has 28 heavy (non-hydrogen) atoms. The Bertz CT molecular complexity index is 983. The molecular weight excluding hydrogens is 420 g/mol. The number of nitrogens with one attached hydrogen (secondary N) is 1. The molecule has 0 radical (unpaired) electrons. The number of aryl methyl sites for hydroxylation is 1. The Morgan fingerprint density at radius 3 is 2.61 bits per heavy atom. The van der Waals surface area contributed by atoms with Crippen molar-refractivity contribution in [2.45, 2.75) is 31.8 Å². The number of carbonyl (C=O) groups is 1. The molecule has 0 bridgehead atoms. The number of anilines is 1. The van der Waals surface area contributed by atoms with E-state index < -0.39 is 0 Å². The van der Waals surface area contributed by atoms with Crippen molar-refractivity contribution in [1.29, 1.82) is 0 Å². The topological polar surface area (TPSA) is 52.5 Å². The van der Waals surface area contributed by atoms with Crippen LogP contribution < -0.4 is 14.8 Å². The molecule has 0 unspecified atom stereocenters. The molecule has 3 aromatic rings. The molecule has 1 aliphatic carbocycles. The van der Waals surface area contributed by atoms with Crippen LogP contribution >= 0.6 is 15.9 Å².